The Balaban J connectivity index is 1.64. The molecule has 0 unspecified atom stereocenters. The van der Waals surface area contributed by atoms with Crippen molar-refractivity contribution in [1.29, 1.82) is 0 Å². The van der Waals surface area contributed by atoms with Crippen LogP contribution in [0.3, 0.4) is 0 Å². The number of carbonyl (C=O) groups excluding carboxylic acids is 1. The van der Waals surface area contributed by atoms with Crippen molar-refractivity contribution in [3.63, 3.8) is 0 Å². The van der Waals surface area contributed by atoms with Gasteiger partial charge < -0.3 is 14.7 Å². The van der Waals surface area contributed by atoms with E-state index in [1.807, 2.05) is 5.38 Å². The van der Waals surface area contributed by atoms with Gasteiger partial charge in [-0.3, -0.25) is 9.59 Å². The molecule has 8 nitrogen and oxygen atoms in total. The molecule has 3 heterocycles. The maximum Gasteiger partial charge on any atom is 0.269 e. The minimum absolute atomic E-state index is 0.0657. The Morgan fingerprint density at radius 1 is 1.31 bits per heavy atom. The van der Waals surface area contributed by atoms with Crippen molar-refractivity contribution in [3.8, 4) is 0 Å². The van der Waals surface area contributed by atoms with Gasteiger partial charge in [0.2, 0.25) is 5.91 Å². The average Bonchev–Trinajstić information content (AvgIpc) is 3.03. The van der Waals surface area contributed by atoms with E-state index in [9.17, 15) is 9.59 Å². The number of nitrogens with zero attached hydrogens (tertiary/aromatic N) is 6. The second-order valence-electron chi connectivity index (χ2n) is 6.53. The van der Waals surface area contributed by atoms with Crippen LogP contribution >= 0.6 is 11.3 Å². The molecule has 9 heteroatoms. The number of carbonyl (C=O) groups is 1. The Bertz CT molecular complexity index is 791. The largest absolute Gasteiger partial charge is 0.369 e. The first-order valence-electron chi connectivity index (χ1n) is 8.66. The summed E-state index contributed by atoms with van der Waals surface area (Å²) in [6.45, 7) is 4.17. The van der Waals surface area contributed by atoms with Crippen LogP contribution in [0.25, 0.3) is 0 Å². The van der Waals surface area contributed by atoms with Crippen molar-refractivity contribution in [1.82, 2.24) is 24.6 Å². The van der Waals surface area contributed by atoms with Crippen LogP contribution < -0.4 is 10.5 Å². The second kappa shape index (κ2) is 8.41. The standard InChI is InChI=1S/C17H24N6O2S/c1-20-5-3-6-22(8-7-20)14-10-16(24)23(19-11-14)13-17(25)21(2)12-15-18-4-9-26-15/h4,9-11H,3,5-8,12-13H2,1-2H3. The molecule has 0 radical (unpaired) electrons. The normalized spacial score (nSPS) is 15.7. The number of aromatic nitrogens is 3. The summed E-state index contributed by atoms with van der Waals surface area (Å²) in [5, 5.41) is 6.95. The SMILES string of the molecule is CN1CCCN(c2cnn(CC(=O)N(C)Cc3nccs3)c(=O)c2)CC1. The second-order valence-corrected chi connectivity index (χ2v) is 7.51. The van der Waals surface area contributed by atoms with Crippen LogP contribution in [-0.2, 0) is 17.9 Å². The summed E-state index contributed by atoms with van der Waals surface area (Å²) < 4.78 is 1.22. The third-order valence-corrected chi connectivity index (χ3v) is 5.27. The predicted molar refractivity (Wildman–Crippen MR) is 101 cm³/mol. The van der Waals surface area contributed by atoms with Crippen molar-refractivity contribution in [2.24, 2.45) is 0 Å². The Morgan fingerprint density at radius 3 is 2.88 bits per heavy atom. The average molecular weight is 376 g/mol. The van der Waals surface area contributed by atoms with Gasteiger partial charge in [-0.2, -0.15) is 5.10 Å². The molecule has 26 heavy (non-hydrogen) atoms. The Morgan fingerprint density at radius 2 is 2.15 bits per heavy atom. The molecule has 1 aliphatic rings. The molecular formula is C17H24N6O2S. The first kappa shape index (κ1) is 18.5. The van der Waals surface area contributed by atoms with Gasteiger partial charge in [0, 0.05) is 44.3 Å². The summed E-state index contributed by atoms with van der Waals surface area (Å²) in [4.78, 5) is 34.9. The minimum atomic E-state index is -0.254. The minimum Gasteiger partial charge on any atom is -0.369 e. The lowest BCUT2D eigenvalue weighted by Gasteiger charge is -2.22. The molecule has 0 N–H and O–H groups in total. The van der Waals surface area contributed by atoms with Crippen LogP contribution in [-0.4, -0.2) is 70.7 Å². The molecule has 140 valence electrons. The van der Waals surface area contributed by atoms with E-state index in [2.05, 4.69) is 26.9 Å². The van der Waals surface area contributed by atoms with Gasteiger partial charge in [0.25, 0.3) is 5.56 Å². The number of hydrogen-bond donors (Lipinski definition) is 0. The van der Waals surface area contributed by atoms with Crippen molar-refractivity contribution < 1.29 is 4.79 Å². The summed E-state index contributed by atoms with van der Waals surface area (Å²) >= 11 is 1.50. The highest BCUT2D eigenvalue weighted by atomic mass is 32.1. The van der Waals surface area contributed by atoms with Gasteiger partial charge in [-0.1, -0.05) is 0 Å². The smallest absolute Gasteiger partial charge is 0.269 e. The van der Waals surface area contributed by atoms with E-state index in [-0.39, 0.29) is 18.0 Å². The summed E-state index contributed by atoms with van der Waals surface area (Å²) in [5.41, 5.74) is 0.571. The van der Waals surface area contributed by atoms with Gasteiger partial charge in [0.15, 0.2) is 0 Å². The molecular weight excluding hydrogens is 352 g/mol. The summed E-state index contributed by atoms with van der Waals surface area (Å²) in [6, 6.07) is 1.58. The number of anilines is 1. The zero-order chi connectivity index (χ0) is 18.5. The summed E-state index contributed by atoms with van der Waals surface area (Å²) in [5.74, 6) is -0.168. The zero-order valence-electron chi connectivity index (χ0n) is 15.2. The van der Waals surface area contributed by atoms with Gasteiger partial charge in [0.1, 0.15) is 11.6 Å². The van der Waals surface area contributed by atoms with Gasteiger partial charge >= 0.3 is 0 Å². The molecule has 0 bridgehead atoms. The van der Waals surface area contributed by atoms with Gasteiger partial charge in [0.05, 0.1) is 18.4 Å². The van der Waals surface area contributed by atoms with Gasteiger partial charge in [-0.05, 0) is 20.0 Å². The van der Waals surface area contributed by atoms with Crippen LogP contribution in [0.1, 0.15) is 11.4 Å². The van der Waals surface area contributed by atoms with Crippen LogP contribution in [0.2, 0.25) is 0 Å². The lowest BCUT2D eigenvalue weighted by Crippen LogP contribution is -2.35. The van der Waals surface area contributed by atoms with E-state index in [4.69, 9.17) is 0 Å². The Labute approximate surface area is 156 Å². The van der Waals surface area contributed by atoms with E-state index in [0.717, 1.165) is 43.3 Å². The number of hydrogen-bond acceptors (Lipinski definition) is 7. The fraction of sp³-hybridized carbons (Fsp3) is 0.529. The molecule has 1 aliphatic heterocycles. The zero-order valence-corrected chi connectivity index (χ0v) is 16.0. The fourth-order valence-electron chi connectivity index (χ4n) is 2.89. The third kappa shape index (κ3) is 4.67. The lowest BCUT2D eigenvalue weighted by molar-refractivity contribution is -0.131. The number of thiazole rings is 1. The molecule has 2 aromatic heterocycles. The molecule has 0 spiro atoms. The maximum atomic E-state index is 12.4. The van der Waals surface area contributed by atoms with Crippen molar-refractivity contribution >= 4 is 22.9 Å². The molecule has 1 saturated heterocycles. The Kier molecular flexibility index (Phi) is 6.00. The highest BCUT2D eigenvalue weighted by Gasteiger charge is 2.16. The van der Waals surface area contributed by atoms with Crippen molar-refractivity contribution in [2.45, 2.75) is 19.5 Å². The van der Waals surface area contributed by atoms with Crippen LogP contribution in [0.4, 0.5) is 5.69 Å². The Hall–Kier alpha value is -2.26. The number of rotatable bonds is 5. The monoisotopic (exact) mass is 376 g/mol. The van der Waals surface area contributed by atoms with Crippen molar-refractivity contribution in [2.75, 3.05) is 45.2 Å². The molecule has 1 amide bonds. The topological polar surface area (TPSA) is 74.6 Å². The molecule has 0 aromatic carbocycles. The molecule has 0 atom stereocenters. The van der Waals surface area contributed by atoms with E-state index in [0.29, 0.717) is 6.54 Å². The predicted octanol–water partition coefficient (Wildman–Crippen LogP) is 0.500. The number of amides is 1. The summed E-state index contributed by atoms with van der Waals surface area (Å²) in [6.07, 6.45) is 4.45. The van der Waals surface area contributed by atoms with Crippen LogP contribution in [0.5, 0.6) is 0 Å². The summed E-state index contributed by atoms with van der Waals surface area (Å²) in [7, 11) is 3.81. The third-order valence-electron chi connectivity index (χ3n) is 4.51. The van der Waals surface area contributed by atoms with Gasteiger partial charge in [-0.25, -0.2) is 9.67 Å². The highest BCUT2D eigenvalue weighted by molar-refractivity contribution is 7.09. The molecule has 0 saturated carbocycles. The van der Waals surface area contributed by atoms with Crippen LogP contribution in [0, 0.1) is 0 Å². The molecule has 3 rings (SSSR count). The fourth-order valence-corrected chi connectivity index (χ4v) is 3.56. The van der Waals surface area contributed by atoms with Crippen molar-refractivity contribution in [3.05, 3.63) is 39.2 Å². The highest BCUT2D eigenvalue weighted by Crippen LogP contribution is 2.13. The molecule has 1 fully saturated rings. The van der Waals surface area contributed by atoms with E-state index >= 15 is 0 Å². The van der Waals surface area contributed by atoms with E-state index in [1.54, 1.807) is 30.4 Å². The quantitative estimate of drug-likeness (QED) is 0.757. The van der Waals surface area contributed by atoms with E-state index in [1.165, 1.54) is 16.0 Å². The first-order chi connectivity index (χ1) is 12.5. The molecule has 2 aromatic rings. The lowest BCUT2D eigenvalue weighted by atomic mass is 10.3. The van der Waals surface area contributed by atoms with Gasteiger partial charge in [-0.15, -0.1) is 11.3 Å². The van der Waals surface area contributed by atoms with E-state index < -0.39 is 0 Å². The number of likely N-dealkylation sites (N-methyl/N-ethyl adjacent to an activating group) is 2. The first-order valence-corrected chi connectivity index (χ1v) is 9.54. The molecule has 0 aliphatic carbocycles. The maximum absolute atomic E-state index is 12.4. The van der Waals surface area contributed by atoms with Crippen LogP contribution in [0.15, 0.2) is 28.6 Å².